The molecule has 2 heterocycles. The van der Waals surface area contributed by atoms with Gasteiger partial charge in [-0.3, -0.25) is 4.68 Å². The number of nitrogens with one attached hydrogen (secondary N) is 1. The molecule has 0 bridgehead atoms. The molecule has 2 aromatic rings. The molecule has 0 unspecified atom stereocenters. The Kier molecular flexibility index (Phi) is 4.59. The SMILES string of the molecule is CCNc1cc(S(=O)(=O)N(C)Cc2cnn(C)c2)ccn1. The summed E-state index contributed by atoms with van der Waals surface area (Å²) in [4.78, 5) is 4.30. The van der Waals surface area contributed by atoms with E-state index in [0.717, 1.165) is 5.56 Å². The molecule has 0 amide bonds. The second kappa shape index (κ2) is 6.23. The average Bonchev–Trinajstić information content (AvgIpc) is 2.85. The third-order valence-corrected chi connectivity index (χ3v) is 4.76. The van der Waals surface area contributed by atoms with Crippen LogP contribution in [0, 0.1) is 0 Å². The first-order valence-electron chi connectivity index (χ1n) is 6.57. The summed E-state index contributed by atoms with van der Waals surface area (Å²) in [6, 6.07) is 3.04. The van der Waals surface area contributed by atoms with Gasteiger partial charge in [0.25, 0.3) is 0 Å². The van der Waals surface area contributed by atoms with Crippen LogP contribution in [0.1, 0.15) is 12.5 Å². The predicted molar refractivity (Wildman–Crippen MR) is 80.3 cm³/mol. The first-order valence-corrected chi connectivity index (χ1v) is 8.01. The van der Waals surface area contributed by atoms with E-state index in [-0.39, 0.29) is 11.4 Å². The fourth-order valence-electron chi connectivity index (χ4n) is 1.92. The minimum absolute atomic E-state index is 0.222. The largest absolute Gasteiger partial charge is 0.370 e. The fourth-order valence-corrected chi connectivity index (χ4v) is 3.10. The minimum atomic E-state index is -3.55. The van der Waals surface area contributed by atoms with Gasteiger partial charge >= 0.3 is 0 Å². The monoisotopic (exact) mass is 309 g/mol. The van der Waals surface area contributed by atoms with E-state index in [1.54, 1.807) is 37.2 Å². The zero-order valence-electron chi connectivity index (χ0n) is 12.3. The quantitative estimate of drug-likeness (QED) is 0.863. The van der Waals surface area contributed by atoms with Crippen molar-refractivity contribution in [1.82, 2.24) is 19.1 Å². The van der Waals surface area contributed by atoms with E-state index in [0.29, 0.717) is 12.4 Å². The third kappa shape index (κ3) is 3.59. The second-order valence-corrected chi connectivity index (χ2v) is 6.74. The highest BCUT2D eigenvalue weighted by Crippen LogP contribution is 2.18. The first kappa shape index (κ1) is 15.5. The lowest BCUT2D eigenvalue weighted by Gasteiger charge is -2.16. The Hall–Kier alpha value is -1.93. The number of nitrogens with zero attached hydrogens (tertiary/aromatic N) is 4. The van der Waals surface area contributed by atoms with E-state index < -0.39 is 10.0 Å². The molecule has 2 aromatic heterocycles. The lowest BCUT2D eigenvalue weighted by molar-refractivity contribution is 0.466. The molecule has 114 valence electrons. The van der Waals surface area contributed by atoms with Crippen LogP contribution in [0.2, 0.25) is 0 Å². The smallest absolute Gasteiger partial charge is 0.243 e. The van der Waals surface area contributed by atoms with Gasteiger partial charge in [0, 0.05) is 51.2 Å². The summed E-state index contributed by atoms with van der Waals surface area (Å²) in [5.74, 6) is 0.549. The zero-order chi connectivity index (χ0) is 15.5. The van der Waals surface area contributed by atoms with Crippen molar-refractivity contribution in [3.05, 3.63) is 36.3 Å². The Morgan fingerprint density at radius 3 is 2.81 bits per heavy atom. The van der Waals surface area contributed by atoms with Gasteiger partial charge in [-0.1, -0.05) is 0 Å². The Labute approximate surface area is 124 Å². The standard InChI is InChI=1S/C13H19N5O2S/c1-4-14-13-7-12(5-6-15-13)21(19,20)18(3)10-11-8-16-17(2)9-11/h5-9H,4,10H2,1-3H3,(H,14,15). The van der Waals surface area contributed by atoms with E-state index in [1.165, 1.54) is 16.6 Å². The van der Waals surface area contributed by atoms with E-state index in [2.05, 4.69) is 15.4 Å². The van der Waals surface area contributed by atoms with Crippen LogP contribution in [0.4, 0.5) is 5.82 Å². The van der Waals surface area contributed by atoms with Crippen molar-refractivity contribution < 1.29 is 8.42 Å². The number of anilines is 1. The topological polar surface area (TPSA) is 80.1 Å². The molecule has 0 saturated carbocycles. The molecule has 0 atom stereocenters. The molecule has 0 aromatic carbocycles. The Bertz CT molecular complexity index is 711. The van der Waals surface area contributed by atoms with Gasteiger partial charge in [-0.05, 0) is 13.0 Å². The van der Waals surface area contributed by atoms with Crippen LogP contribution in [-0.4, -0.2) is 41.1 Å². The van der Waals surface area contributed by atoms with Crippen molar-refractivity contribution in [1.29, 1.82) is 0 Å². The number of aryl methyl sites for hydroxylation is 1. The number of rotatable bonds is 6. The van der Waals surface area contributed by atoms with Gasteiger partial charge in [0.1, 0.15) is 5.82 Å². The van der Waals surface area contributed by atoms with Gasteiger partial charge in [0.2, 0.25) is 10.0 Å². The molecule has 0 aliphatic rings. The van der Waals surface area contributed by atoms with E-state index in [9.17, 15) is 8.42 Å². The first-order chi connectivity index (χ1) is 9.93. The maximum absolute atomic E-state index is 12.5. The maximum Gasteiger partial charge on any atom is 0.243 e. The molecule has 21 heavy (non-hydrogen) atoms. The average molecular weight is 309 g/mol. The highest BCUT2D eigenvalue weighted by molar-refractivity contribution is 7.89. The van der Waals surface area contributed by atoms with Crippen molar-refractivity contribution in [2.24, 2.45) is 7.05 Å². The molecule has 1 N–H and O–H groups in total. The van der Waals surface area contributed by atoms with Crippen LogP contribution in [0.5, 0.6) is 0 Å². The van der Waals surface area contributed by atoms with Gasteiger partial charge in [-0.2, -0.15) is 9.40 Å². The van der Waals surface area contributed by atoms with Crippen LogP contribution < -0.4 is 5.32 Å². The number of hydrogen-bond donors (Lipinski definition) is 1. The van der Waals surface area contributed by atoms with E-state index in [4.69, 9.17) is 0 Å². The maximum atomic E-state index is 12.5. The summed E-state index contributed by atoms with van der Waals surface area (Å²) >= 11 is 0. The third-order valence-electron chi connectivity index (χ3n) is 2.96. The van der Waals surface area contributed by atoms with E-state index >= 15 is 0 Å². The lowest BCUT2D eigenvalue weighted by Crippen LogP contribution is -2.26. The highest BCUT2D eigenvalue weighted by Gasteiger charge is 2.21. The molecule has 0 radical (unpaired) electrons. The highest BCUT2D eigenvalue weighted by atomic mass is 32.2. The van der Waals surface area contributed by atoms with Crippen LogP contribution in [0.15, 0.2) is 35.6 Å². The number of hydrogen-bond acceptors (Lipinski definition) is 5. The zero-order valence-corrected chi connectivity index (χ0v) is 13.1. The summed E-state index contributed by atoms with van der Waals surface area (Å²) in [6.07, 6.45) is 4.94. The van der Waals surface area contributed by atoms with E-state index in [1.807, 2.05) is 6.92 Å². The molecule has 0 aliphatic heterocycles. The van der Waals surface area contributed by atoms with Gasteiger partial charge in [0.05, 0.1) is 11.1 Å². The molecule has 8 heteroatoms. The predicted octanol–water partition coefficient (Wildman–Crippen LogP) is 1.07. The minimum Gasteiger partial charge on any atom is -0.370 e. The Morgan fingerprint density at radius 2 is 2.19 bits per heavy atom. The second-order valence-electron chi connectivity index (χ2n) is 4.69. The normalized spacial score (nSPS) is 11.8. The Balaban J connectivity index is 2.22. The molecule has 7 nitrogen and oxygen atoms in total. The van der Waals surface area contributed by atoms with Crippen molar-refractivity contribution in [3.8, 4) is 0 Å². The molecule has 0 spiro atoms. The van der Waals surface area contributed by atoms with Crippen molar-refractivity contribution in [2.75, 3.05) is 18.9 Å². The molecule has 0 saturated heterocycles. The van der Waals surface area contributed by atoms with Crippen LogP contribution in [-0.2, 0) is 23.6 Å². The van der Waals surface area contributed by atoms with Crippen molar-refractivity contribution in [2.45, 2.75) is 18.4 Å². The molecule has 2 rings (SSSR count). The summed E-state index contributed by atoms with van der Waals surface area (Å²) < 4.78 is 28.0. The van der Waals surface area contributed by atoms with Gasteiger partial charge in [-0.25, -0.2) is 13.4 Å². The molecule has 0 aliphatic carbocycles. The van der Waals surface area contributed by atoms with Crippen LogP contribution in [0.25, 0.3) is 0 Å². The number of pyridine rings is 1. The van der Waals surface area contributed by atoms with Gasteiger partial charge < -0.3 is 5.32 Å². The van der Waals surface area contributed by atoms with Crippen LogP contribution in [0.3, 0.4) is 0 Å². The fraction of sp³-hybridized carbons (Fsp3) is 0.385. The summed E-state index contributed by atoms with van der Waals surface area (Å²) in [7, 11) is -0.206. The van der Waals surface area contributed by atoms with Gasteiger partial charge in [-0.15, -0.1) is 0 Å². The van der Waals surface area contributed by atoms with Crippen molar-refractivity contribution in [3.63, 3.8) is 0 Å². The summed E-state index contributed by atoms with van der Waals surface area (Å²) in [5.41, 5.74) is 0.838. The lowest BCUT2D eigenvalue weighted by atomic mass is 10.4. The number of sulfonamides is 1. The van der Waals surface area contributed by atoms with Gasteiger partial charge in [0.15, 0.2) is 0 Å². The summed E-state index contributed by atoms with van der Waals surface area (Å²) in [6.45, 7) is 2.88. The number of aromatic nitrogens is 3. The van der Waals surface area contributed by atoms with Crippen LogP contribution >= 0.6 is 0 Å². The molecular weight excluding hydrogens is 290 g/mol. The summed E-state index contributed by atoms with van der Waals surface area (Å²) in [5, 5.41) is 7.04. The van der Waals surface area contributed by atoms with Crippen molar-refractivity contribution >= 4 is 15.8 Å². The molecule has 0 fully saturated rings. The molecular formula is C13H19N5O2S. The Morgan fingerprint density at radius 1 is 1.43 bits per heavy atom.